The maximum absolute atomic E-state index is 12.4. The number of ether oxygens (including phenoxy) is 1. The molecule has 0 amide bonds. The van der Waals surface area contributed by atoms with Crippen molar-refractivity contribution in [3.8, 4) is 0 Å². The first-order valence-corrected chi connectivity index (χ1v) is 10.4. The monoisotopic (exact) mass is 574 g/mol. The standard InChI is InChI=1S/C16H18Br4O3/c1-15(2)7(5-9(17)18)11(15)13(21)23-14(22)12-8(6-10(19)20)16(12,3)4/h5-8,11-12H,1-4H3. The third-order valence-corrected chi connectivity index (χ3v) is 6.20. The Morgan fingerprint density at radius 3 is 1.35 bits per heavy atom. The molecule has 4 unspecified atom stereocenters. The molecule has 0 N–H and O–H groups in total. The van der Waals surface area contributed by atoms with E-state index in [2.05, 4.69) is 63.7 Å². The van der Waals surface area contributed by atoms with Crippen LogP contribution in [0.5, 0.6) is 0 Å². The number of carbonyl (C=O) groups is 2. The lowest BCUT2D eigenvalue weighted by Crippen LogP contribution is -2.19. The highest BCUT2D eigenvalue weighted by molar-refractivity contribution is 9.28. The molecule has 23 heavy (non-hydrogen) atoms. The Hall–Kier alpha value is 0.540. The molecule has 2 aliphatic carbocycles. The Morgan fingerprint density at radius 2 is 1.09 bits per heavy atom. The van der Waals surface area contributed by atoms with Crippen molar-refractivity contribution in [2.75, 3.05) is 0 Å². The summed E-state index contributed by atoms with van der Waals surface area (Å²) in [4.78, 5) is 24.7. The second kappa shape index (κ2) is 6.69. The normalized spacial score (nSPS) is 32.5. The molecule has 0 aromatic heterocycles. The van der Waals surface area contributed by atoms with Crippen molar-refractivity contribution < 1.29 is 14.3 Å². The Labute approximate surface area is 170 Å². The van der Waals surface area contributed by atoms with Crippen LogP contribution in [0.2, 0.25) is 0 Å². The van der Waals surface area contributed by atoms with Crippen molar-refractivity contribution in [1.82, 2.24) is 0 Å². The van der Waals surface area contributed by atoms with E-state index in [1.54, 1.807) is 0 Å². The minimum Gasteiger partial charge on any atom is -0.393 e. The molecule has 0 radical (unpaired) electrons. The second-order valence-electron chi connectivity index (χ2n) is 7.30. The number of esters is 2. The maximum atomic E-state index is 12.4. The van der Waals surface area contributed by atoms with Gasteiger partial charge in [-0.2, -0.15) is 0 Å². The van der Waals surface area contributed by atoms with E-state index < -0.39 is 11.9 Å². The summed E-state index contributed by atoms with van der Waals surface area (Å²) in [5.74, 6) is -1.28. The van der Waals surface area contributed by atoms with Gasteiger partial charge in [0.25, 0.3) is 0 Å². The zero-order valence-electron chi connectivity index (χ0n) is 13.2. The van der Waals surface area contributed by atoms with E-state index in [0.29, 0.717) is 0 Å². The Balaban J connectivity index is 2.01. The van der Waals surface area contributed by atoms with E-state index in [1.165, 1.54) is 0 Å². The Kier molecular flexibility index (Phi) is 5.78. The summed E-state index contributed by atoms with van der Waals surface area (Å²) in [6, 6.07) is 0. The molecule has 2 saturated carbocycles. The third kappa shape index (κ3) is 4.04. The minimum atomic E-state index is -0.425. The van der Waals surface area contributed by atoms with Crippen molar-refractivity contribution in [1.29, 1.82) is 0 Å². The van der Waals surface area contributed by atoms with Crippen LogP contribution in [0, 0.1) is 34.5 Å². The molecule has 7 heteroatoms. The van der Waals surface area contributed by atoms with Gasteiger partial charge in [-0.25, -0.2) is 0 Å². The van der Waals surface area contributed by atoms with Gasteiger partial charge in [0.1, 0.15) is 0 Å². The lowest BCUT2D eigenvalue weighted by atomic mass is 10.1. The number of allylic oxidation sites excluding steroid dienone is 2. The predicted molar refractivity (Wildman–Crippen MR) is 104 cm³/mol. The molecule has 0 saturated heterocycles. The van der Waals surface area contributed by atoms with Crippen LogP contribution in [-0.4, -0.2) is 11.9 Å². The first-order chi connectivity index (χ1) is 10.4. The van der Waals surface area contributed by atoms with Gasteiger partial charge in [-0.05, 0) is 86.4 Å². The minimum absolute atomic E-state index is 0.0659. The van der Waals surface area contributed by atoms with Crippen LogP contribution in [0.15, 0.2) is 18.9 Å². The van der Waals surface area contributed by atoms with Crippen molar-refractivity contribution in [2.45, 2.75) is 27.7 Å². The maximum Gasteiger partial charge on any atom is 0.317 e. The van der Waals surface area contributed by atoms with Crippen molar-refractivity contribution in [2.24, 2.45) is 34.5 Å². The predicted octanol–water partition coefficient (Wildman–Crippen LogP) is 5.86. The fraction of sp³-hybridized carbons (Fsp3) is 0.625. The van der Waals surface area contributed by atoms with Gasteiger partial charge < -0.3 is 4.74 Å². The van der Waals surface area contributed by atoms with Crippen molar-refractivity contribution >= 4 is 75.7 Å². The van der Waals surface area contributed by atoms with Crippen LogP contribution in [0.25, 0.3) is 0 Å². The quantitative estimate of drug-likeness (QED) is 0.310. The molecule has 0 aliphatic heterocycles. The van der Waals surface area contributed by atoms with Crippen LogP contribution in [0.4, 0.5) is 0 Å². The Morgan fingerprint density at radius 1 is 0.783 bits per heavy atom. The van der Waals surface area contributed by atoms with Gasteiger partial charge in [0.15, 0.2) is 0 Å². The van der Waals surface area contributed by atoms with Gasteiger partial charge in [0, 0.05) is 0 Å². The molecule has 3 nitrogen and oxygen atoms in total. The number of halogens is 4. The van der Waals surface area contributed by atoms with Gasteiger partial charge in [-0.1, -0.05) is 39.8 Å². The highest BCUT2D eigenvalue weighted by Crippen LogP contribution is 2.62. The number of hydrogen-bond donors (Lipinski definition) is 0. The summed E-state index contributed by atoms with van der Waals surface area (Å²) in [5, 5.41) is 0. The SMILES string of the molecule is CC1(C)C(C=C(Br)Br)C1C(=O)OC(=O)C1C(C=C(Br)Br)C1(C)C. The lowest BCUT2D eigenvalue weighted by Gasteiger charge is -2.05. The average molecular weight is 578 g/mol. The average Bonchev–Trinajstić information content (AvgIpc) is 3.08. The molecule has 0 aromatic rings. The fourth-order valence-corrected chi connectivity index (χ4v) is 4.51. The van der Waals surface area contributed by atoms with E-state index in [-0.39, 0.29) is 34.5 Å². The van der Waals surface area contributed by atoms with Crippen LogP contribution in [0.3, 0.4) is 0 Å². The molecule has 2 rings (SSSR count). The molecule has 128 valence electrons. The number of hydrogen-bond acceptors (Lipinski definition) is 3. The molecule has 0 heterocycles. The van der Waals surface area contributed by atoms with Crippen LogP contribution in [0.1, 0.15) is 27.7 Å². The summed E-state index contributed by atoms with van der Waals surface area (Å²) in [5.41, 5.74) is -0.386. The number of rotatable bonds is 4. The third-order valence-electron chi connectivity index (χ3n) is 5.14. The molecule has 0 spiro atoms. The number of carbonyl (C=O) groups excluding carboxylic acids is 2. The lowest BCUT2D eigenvalue weighted by molar-refractivity contribution is -0.162. The highest BCUT2D eigenvalue weighted by Gasteiger charge is 2.65. The molecule has 0 bridgehead atoms. The molecule has 2 fully saturated rings. The molecular weight excluding hydrogens is 560 g/mol. The highest BCUT2D eigenvalue weighted by atomic mass is 79.9. The van der Waals surface area contributed by atoms with E-state index in [1.807, 2.05) is 39.8 Å². The van der Waals surface area contributed by atoms with Crippen LogP contribution in [-0.2, 0) is 14.3 Å². The smallest absolute Gasteiger partial charge is 0.317 e. The van der Waals surface area contributed by atoms with Gasteiger partial charge >= 0.3 is 11.9 Å². The van der Waals surface area contributed by atoms with Gasteiger partial charge in [0.05, 0.1) is 18.6 Å². The zero-order valence-corrected chi connectivity index (χ0v) is 19.5. The molecule has 0 aromatic carbocycles. The Bertz CT molecular complexity index is 546. The largest absolute Gasteiger partial charge is 0.393 e. The van der Waals surface area contributed by atoms with E-state index in [0.717, 1.165) is 6.78 Å². The molecular formula is C16H18Br4O3. The molecule has 2 aliphatic rings. The summed E-state index contributed by atoms with van der Waals surface area (Å²) < 4.78 is 6.81. The second-order valence-corrected chi connectivity index (χ2v) is 12.8. The van der Waals surface area contributed by atoms with E-state index >= 15 is 0 Å². The fourth-order valence-electron chi connectivity index (χ4n) is 3.38. The van der Waals surface area contributed by atoms with Crippen molar-refractivity contribution in [3.63, 3.8) is 0 Å². The van der Waals surface area contributed by atoms with Crippen molar-refractivity contribution in [3.05, 3.63) is 18.9 Å². The van der Waals surface area contributed by atoms with Gasteiger partial charge in [0.2, 0.25) is 0 Å². The summed E-state index contributed by atoms with van der Waals surface area (Å²) in [7, 11) is 0. The summed E-state index contributed by atoms with van der Waals surface area (Å²) >= 11 is 13.3. The topological polar surface area (TPSA) is 43.4 Å². The van der Waals surface area contributed by atoms with Gasteiger partial charge in [-0.3, -0.25) is 9.59 Å². The molecule has 4 atom stereocenters. The zero-order chi connectivity index (χ0) is 17.7. The summed E-state index contributed by atoms with van der Waals surface area (Å²) in [6.45, 7) is 8.01. The first-order valence-electron chi connectivity index (χ1n) is 7.22. The van der Waals surface area contributed by atoms with Crippen LogP contribution >= 0.6 is 63.7 Å². The van der Waals surface area contributed by atoms with E-state index in [9.17, 15) is 9.59 Å². The van der Waals surface area contributed by atoms with Crippen LogP contribution < -0.4 is 0 Å². The van der Waals surface area contributed by atoms with Gasteiger partial charge in [-0.15, -0.1) is 0 Å². The summed E-state index contributed by atoms with van der Waals surface area (Å²) in [6.07, 6.45) is 3.87. The first kappa shape index (κ1) is 19.9. The van der Waals surface area contributed by atoms with E-state index in [4.69, 9.17) is 4.74 Å².